The van der Waals surface area contributed by atoms with Gasteiger partial charge in [-0.15, -0.1) is 0 Å². The molecule has 0 atom stereocenters. The summed E-state index contributed by atoms with van der Waals surface area (Å²) in [5.41, 5.74) is 2.04. The minimum atomic E-state index is -3.99. The van der Waals surface area contributed by atoms with Crippen molar-refractivity contribution >= 4 is 21.7 Å². The first-order valence-corrected chi connectivity index (χ1v) is 8.25. The Balaban J connectivity index is 2.53. The summed E-state index contributed by atoms with van der Waals surface area (Å²) in [6.45, 7) is 3.68. The van der Waals surface area contributed by atoms with E-state index in [1.54, 1.807) is 19.1 Å². The molecule has 7 heteroatoms. The number of hydrogen-bond acceptors (Lipinski definition) is 4. The fourth-order valence-corrected chi connectivity index (χ4v) is 3.40. The lowest BCUT2D eigenvalue weighted by atomic mass is 10.1. The molecule has 0 saturated heterocycles. The zero-order valence-corrected chi connectivity index (χ0v) is 13.8. The number of benzene rings is 2. The van der Waals surface area contributed by atoms with Gasteiger partial charge < -0.3 is 9.84 Å². The van der Waals surface area contributed by atoms with Crippen molar-refractivity contribution in [3.05, 3.63) is 53.1 Å². The minimum Gasteiger partial charge on any atom is -0.495 e. The molecular formula is C16H17NO5S. The second-order valence-electron chi connectivity index (χ2n) is 5.02. The van der Waals surface area contributed by atoms with Gasteiger partial charge in [-0.2, -0.15) is 0 Å². The Labute approximate surface area is 134 Å². The average molecular weight is 335 g/mol. The molecule has 0 spiro atoms. The van der Waals surface area contributed by atoms with E-state index >= 15 is 0 Å². The highest BCUT2D eigenvalue weighted by atomic mass is 32.2. The second-order valence-corrected chi connectivity index (χ2v) is 6.67. The Kier molecular flexibility index (Phi) is 4.60. The molecule has 2 rings (SSSR count). The van der Waals surface area contributed by atoms with Crippen LogP contribution in [0.1, 0.15) is 21.5 Å². The Morgan fingerprint density at radius 3 is 2.48 bits per heavy atom. The van der Waals surface area contributed by atoms with E-state index in [1.807, 2.05) is 13.0 Å². The van der Waals surface area contributed by atoms with Gasteiger partial charge in [-0.1, -0.05) is 12.1 Å². The Bertz CT molecular complexity index is 859. The lowest BCUT2D eigenvalue weighted by molar-refractivity contribution is 0.0696. The SMILES string of the molecule is COc1ccc(C(=O)O)cc1S(=O)(=O)Nc1cccc(C)c1C. The van der Waals surface area contributed by atoms with E-state index < -0.39 is 16.0 Å². The number of nitrogens with one attached hydrogen (secondary N) is 1. The van der Waals surface area contributed by atoms with Crippen LogP contribution in [0.15, 0.2) is 41.3 Å². The van der Waals surface area contributed by atoms with Crippen LogP contribution in [0.25, 0.3) is 0 Å². The molecule has 0 unspecified atom stereocenters. The number of hydrogen-bond donors (Lipinski definition) is 2. The van der Waals surface area contributed by atoms with Crippen LogP contribution in [-0.4, -0.2) is 26.6 Å². The molecule has 0 amide bonds. The maximum absolute atomic E-state index is 12.6. The fraction of sp³-hybridized carbons (Fsp3) is 0.188. The second kappa shape index (κ2) is 6.29. The molecule has 2 N–H and O–H groups in total. The number of anilines is 1. The molecule has 122 valence electrons. The van der Waals surface area contributed by atoms with Crippen molar-refractivity contribution in [1.29, 1.82) is 0 Å². The van der Waals surface area contributed by atoms with Crippen molar-refractivity contribution in [2.24, 2.45) is 0 Å². The largest absolute Gasteiger partial charge is 0.495 e. The monoisotopic (exact) mass is 335 g/mol. The molecule has 0 bridgehead atoms. The van der Waals surface area contributed by atoms with Crippen molar-refractivity contribution in [1.82, 2.24) is 0 Å². The molecule has 0 heterocycles. The van der Waals surface area contributed by atoms with Crippen molar-refractivity contribution in [3.8, 4) is 5.75 Å². The fourth-order valence-electron chi connectivity index (χ4n) is 2.08. The third kappa shape index (κ3) is 3.45. The summed E-state index contributed by atoms with van der Waals surface area (Å²) >= 11 is 0. The molecule has 0 aliphatic rings. The van der Waals surface area contributed by atoms with Crippen LogP contribution in [-0.2, 0) is 10.0 Å². The lowest BCUT2D eigenvalue weighted by Crippen LogP contribution is -2.16. The van der Waals surface area contributed by atoms with Gasteiger partial charge in [0.15, 0.2) is 0 Å². The highest BCUT2D eigenvalue weighted by Gasteiger charge is 2.22. The first-order valence-electron chi connectivity index (χ1n) is 6.76. The van der Waals surface area contributed by atoms with Gasteiger partial charge in [0.05, 0.1) is 18.4 Å². The third-order valence-electron chi connectivity index (χ3n) is 3.55. The number of rotatable bonds is 5. The molecule has 2 aromatic rings. The van der Waals surface area contributed by atoms with Crippen molar-refractivity contribution in [2.75, 3.05) is 11.8 Å². The first-order chi connectivity index (χ1) is 10.8. The van der Waals surface area contributed by atoms with Gasteiger partial charge in [-0.25, -0.2) is 13.2 Å². The number of carboxylic acid groups (broad SMARTS) is 1. The van der Waals surface area contributed by atoms with Crippen molar-refractivity contribution < 1.29 is 23.1 Å². The quantitative estimate of drug-likeness (QED) is 0.876. The summed E-state index contributed by atoms with van der Waals surface area (Å²) in [5, 5.41) is 9.05. The molecule has 2 aromatic carbocycles. The smallest absolute Gasteiger partial charge is 0.335 e. The van der Waals surface area contributed by atoms with Gasteiger partial charge in [-0.05, 0) is 49.2 Å². The van der Waals surface area contributed by atoms with Crippen LogP contribution in [0.3, 0.4) is 0 Å². The van der Waals surface area contributed by atoms with E-state index in [1.165, 1.54) is 19.2 Å². The number of aryl methyl sites for hydroxylation is 1. The van der Waals surface area contributed by atoms with Gasteiger partial charge in [0.2, 0.25) is 0 Å². The van der Waals surface area contributed by atoms with E-state index in [0.29, 0.717) is 5.69 Å². The van der Waals surface area contributed by atoms with Gasteiger partial charge in [-0.3, -0.25) is 4.72 Å². The summed E-state index contributed by atoms with van der Waals surface area (Å²) in [7, 11) is -2.66. The maximum Gasteiger partial charge on any atom is 0.335 e. The van der Waals surface area contributed by atoms with Crippen molar-refractivity contribution in [2.45, 2.75) is 18.7 Å². The van der Waals surface area contributed by atoms with Crippen LogP contribution in [0, 0.1) is 13.8 Å². The van der Waals surface area contributed by atoms with Gasteiger partial charge in [0, 0.05) is 0 Å². The van der Waals surface area contributed by atoms with E-state index in [0.717, 1.165) is 17.2 Å². The van der Waals surface area contributed by atoms with Crippen LogP contribution in [0.5, 0.6) is 5.75 Å². The Morgan fingerprint density at radius 1 is 1.17 bits per heavy atom. The first kappa shape index (κ1) is 16.8. The Hall–Kier alpha value is -2.54. The highest BCUT2D eigenvalue weighted by molar-refractivity contribution is 7.92. The molecule has 0 aromatic heterocycles. The molecule has 0 fully saturated rings. The maximum atomic E-state index is 12.6. The Morgan fingerprint density at radius 2 is 1.87 bits per heavy atom. The zero-order valence-electron chi connectivity index (χ0n) is 13.0. The van der Waals surface area contributed by atoms with Gasteiger partial charge in [0.25, 0.3) is 10.0 Å². The van der Waals surface area contributed by atoms with E-state index in [2.05, 4.69) is 4.72 Å². The number of aromatic carboxylic acids is 1. The summed E-state index contributed by atoms with van der Waals surface area (Å²) in [6.07, 6.45) is 0. The van der Waals surface area contributed by atoms with Crippen LogP contribution in [0.2, 0.25) is 0 Å². The number of carbonyl (C=O) groups is 1. The molecular weight excluding hydrogens is 318 g/mol. The van der Waals surface area contributed by atoms with Crippen LogP contribution in [0.4, 0.5) is 5.69 Å². The molecule has 0 radical (unpaired) electrons. The van der Waals surface area contributed by atoms with E-state index in [9.17, 15) is 13.2 Å². The number of ether oxygens (including phenoxy) is 1. The lowest BCUT2D eigenvalue weighted by Gasteiger charge is -2.14. The predicted molar refractivity (Wildman–Crippen MR) is 86.7 cm³/mol. The molecule has 23 heavy (non-hydrogen) atoms. The highest BCUT2D eigenvalue weighted by Crippen LogP contribution is 2.28. The predicted octanol–water partition coefficient (Wildman–Crippen LogP) is 2.81. The van der Waals surface area contributed by atoms with E-state index in [-0.39, 0.29) is 16.2 Å². The average Bonchev–Trinajstić information content (AvgIpc) is 2.51. The normalized spacial score (nSPS) is 11.1. The molecule has 0 saturated carbocycles. The van der Waals surface area contributed by atoms with Crippen LogP contribution < -0.4 is 9.46 Å². The van der Waals surface area contributed by atoms with Crippen molar-refractivity contribution in [3.63, 3.8) is 0 Å². The summed E-state index contributed by atoms with van der Waals surface area (Å²) in [4.78, 5) is 10.9. The number of methoxy groups -OCH3 is 1. The molecule has 6 nitrogen and oxygen atoms in total. The van der Waals surface area contributed by atoms with Crippen LogP contribution >= 0.6 is 0 Å². The molecule has 0 aliphatic heterocycles. The van der Waals surface area contributed by atoms with Gasteiger partial charge in [0.1, 0.15) is 10.6 Å². The number of sulfonamides is 1. The van der Waals surface area contributed by atoms with E-state index in [4.69, 9.17) is 9.84 Å². The standard InChI is InChI=1S/C16H17NO5S/c1-10-5-4-6-13(11(10)2)17-23(20,21)15-9-12(16(18)19)7-8-14(15)22-3/h4-9,17H,1-3H3,(H,18,19). The zero-order chi connectivity index (χ0) is 17.2. The summed E-state index contributed by atoms with van der Waals surface area (Å²) < 4.78 is 32.8. The summed E-state index contributed by atoms with van der Waals surface area (Å²) in [5.74, 6) is -1.14. The minimum absolute atomic E-state index is 0.0767. The van der Waals surface area contributed by atoms with Gasteiger partial charge >= 0.3 is 5.97 Å². The topological polar surface area (TPSA) is 92.7 Å². The third-order valence-corrected chi connectivity index (χ3v) is 4.94. The number of carboxylic acids is 1. The summed E-state index contributed by atoms with van der Waals surface area (Å²) in [6, 6.07) is 8.95. The molecule has 0 aliphatic carbocycles.